The first-order valence-electron chi connectivity index (χ1n) is 7.09. The van der Waals surface area contributed by atoms with Crippen LogP contribution in [-0.2, 0) is 9.47 Å². The Morgan fingerprint density at radius 2 is 2.00 bits per heavy atom. The quantitative estimate of drug-likeness (QED) is 0.696. The van der Waals surface area contributed by atoms with E-state index in [2.05, 4.69) is 50.4 Å². The third kappa shape index (κ3) is 5.72. The van der Waals surface area contributed by atoms with Crippen LogP contribution in [0.15, 0.2) is 24.3 Å². The third-order valence-corrected chi connectivity index (χ3v) is 3.09. The molecular weight excluding hydrogens is 238 g/mol. The molecule has 0 saturated carbocycles. The van der Waals surface area contributed by atoms with Crippen LogP contribution in [0.3, 0.4) is 0 Å². The molecule has 1 rings (SSSR count). The summed E-state index contributed by atoms with van der Waals surface area (Å²) < 4.78 is 11.3. The molecule has 0 spiro atoms. The summed E-state index contributed by atoms with van der Waals surface area (Å²) in [7, 11) is 1.71. The van der Waals surface area contributed by atoms with Gasteiger partial charge in [0.2, 0.25) is 0 Å². The molecule has 0 heterocycles. The fourth-order valence-electron chi connectivity index (χ4n) is 2.14. The van der Waals surface area contributed by atoms with E-state index < -0.39 is 0 Å². The average molecular weight is 265 g/mol. The second-order valence-electron chi connectivity index (χ2n) is 4.95. The van der Waals surface area contributed by atoms with Gasteiger partial charge in [-0.15, -0.1) is 0 Å². The summed E-state index contributed by atoms with van der Waals surface area (Å²) in [6, 6.07) is 8.41. The number of aryl methyl sites for hydroxylation is 1. The lowest BCUT2D eigenvalue weighted by atomic mass is 10.0. The highest BCUT2D eigenvalue weighted by atomic mass is 16.5. The van der Waals surface area contributed by atoms with Crippen molar-refractivity contribution >= 4 is 0 Å². The summed E-state index contributed by atoms with van der Waals surface area (Å²) in [5, 5.41) is 3.44. The predicted molar refractivity (Wildman–Crippen MR) is 79.5 cm³/mol. The minimum absolute atomic E-state index is 0.0814. The number of rotatable bonds is 9. The van der Waals surface area contributed by atoms with E-state index in [1.165, 1.54) is 11.1 Å². The van der Waals surface area contributed by atoms with Crippen LogP contribution in [0.5, 0.6) is 0 Å². The fraction of sp³-hybridized carbons (Fsp3) is 0.625. The van der Waals surface area contributed by atoms with Gasteiger partial charge < -0.3 is 14.8 Å². The Labute approximate surface area is 117 Å². The smallest absolute Gasteiger partial charge is 0.0956 e. The van der Waals surface area contributed by atoms with E-state index in [-0.39, 0.29) is 12.2 Å². The zero-order valence-electron chi connectivity index (χ0n) is 12.6. The van der Waals surface area contributed by atoms with Gasteiger partial charge in [-0.25, -0.2) is 0 Å². The van der Waals surface area contributed by atoms with Gasteiger partial charge in [0.05, 0.1) is 18.8 Å². The molecular formula is C16H27NO2. The summed E-state index contributed by atoms with van der Waals surface area (Å²) >= 11 is 0. The van der Waals surface area contributed by atoms with Crippen molar-refractivity contribution in [2.24, 2.45) is 0 Å². The molecule has 1 N–H and O–H groups in total. The average Bonchev–Trinajstić information content (AvgIpc) is 2.39. The van der Waals surface area contributed by atoms with Gasteiger partial charge in [0, 0.05) is 13.7 Å². The molecule has 0 amide bonds. The second kappa shape index (κ2) is 9.08. The van der Waals surface area contributed by atoms with Crippen LogP contribution in [0.4, 0.5) is 0 Å². The van der Waals surface area contributed by atoms with Crippen LogP contribution < -0.4 is 5.32 Å². The zero-order chi connectivity index (χ0) is 14.1. The number of hydrogen-bond acceptors (Lipinski definition) is 3. The second-order valence-corrected chi connectivity index (χ2v) is 4.95. The SMILES string of the molecule is CCCNCC(OC(C)COC)c1ccccc1C. The predicted octanol–water partition coefficient (Wildman–Crippen LogP) is 3.09. The van der Waals surface area contributed by atoms with Gasteiger partial charge in [-0.05, 0) is 37.9 Å². The topological polar surface area (TPSA) is 30.5 Å². The molecule has 0 radical (unpaired) electrons. The Kier molecular flexibility index (Phi) is 7.72. The van der Waals surface area contributed by atoms with Crippen LogP contribution in [0.1, 0.15) is 37.5 Å². The minimum Gasteiger partial charge on any atom is -0.382 e. The van der Waals surface area contributed by atoms with Crippen LogP contribution in [0.25, 0.3) is 0 Å². The molecule has 1 aromatic rings. The Hall–Kier alpha value is -0.900. The van der Waals surface area contributed by atoms with Gasteiger partial charge in [-0.1, -0.05) is 31.2 Å². The molecule has 3 nitrogen and oxygen atoms in total. The van der Waals surface area contributed by atoms with Gasteiger partial charge in [-0.2, -0.15) is 0 Å². The highest BCUT2D eigenvalue weighted by Crippen LogP contribution is 2.22. The highest BCUT2D eigenvalue weighted by Gasteiger charge is 2.16. The standard InChI is InChI=1S/C16H27NO2/c1-5-10-17-11-16(19-14(3)12-18-4)15-9-7-6-8-13(15)2/h6-9,14,16-17H,5,10-12H2,1-4H3. The van der Waals surface area contributed by atoms with Gasteiger partial charge >= 0.3 is 0 Å². The lowest BCUT2D eigenvalue weighted by molar-refractivity contribution is -0.0395. The monoisotopic (exact) mass is 265 g/mol. The molecule has 0 bridgehead atoms. The van der Waals surface area contributed by atoms with Crippen molar-refractivity contribution in [2.75, 3.05) is 26.8 Å². The molecule has 0 aromatic heterocycles. The lowest BCUT2D eigenvalue weighted by Crippen LogP contribution is -2.28. The summed E-state index contributed by atoms with van der Waals surface area (Å²) in [6.07, 6.45) is 1.31. The van der Waals surface area contributed by atoms with Gasteiger partial charge in [0.25, 0.3) is 0 Å². The lowest BCUT2D eigenvalue weighted by Gasteiger charge is -2.24. The van der Waals surface area contributed by atoms with Crippen molar-refractivity contribution in [1.82, 2.24) is 5.32 Å². The van der Waals surface area contributed by atoms with E-state index >= 15 is 0 Å². The molecule has 3 heteroatoms. The fourth-order valence-corrected chi connectivity index (χ4v) is 2.14. The van der Waals surface area contributed by atoms with Crippen LogP contribution in [0.2, 0.25) is 0 Å². The number of nitrogens with one attached hydrogen (secondary N) is 1. The van der Waals surface area contributed by atoms with Crippen LogP contribution in [-0.4, -0.2) is 32.9 Å². The van der Waals surface area contributed by atoms with Crippen molar-refractivity contribution in [3.05, 3.63) is 35.4 Å². The van der Waals surface area contributed by atoms with Gasteiger partial charge in [0.1, 0.15) is 0 Å². The summed E-state index contributed by atoms with van der Waals surface area (Å²) in [5.41, 5.74) is 2.53. The summed E-state index contributed by atoms with van der Waals surface area (Å²) in [5.74, 6) is 0. The summed E-state index contributed by atoms with van der Waals surface area (Å²) in [4.78, 5) is 0. The molecule has 108 valence electrons. The minimum atomic E-state index is 0.0814. The normalized spacial score (nSPS) is 14.3. The molecule has 1 aromatic carbocycles. The third-order valence-electron chi connectivity index (χ3n) is 3.09. The Bertz CT molecular complexity index is 354. The van der Waals surface area contributed by atoms with E-state index in [0.717, 1.165) is 19.5 Å². The first kappa shape index (κ1) is 16.2. The van der Waals surface area contributed by atoms with E-state index in [0.29, 0.717) is 6.61 Å². The molecule has 0 aliphatic carbocycles. The van der Waals surface area contributed by atoms with Gasteiger partial charge in [0.15, 0.2) is 0 Å². The molecule has 19 heavy (non-hydrogen) atoms. The number of ether oxygens (including phenoxy) is 2. The van der Waals surface area contributed by atoms with E-state index in [1.54, 1.807) is 7.11 Å². The zero-order valence-corrected chi connectivity index (χ0v) is 12.6. The molecule has 2 atom stereocenters. The first-order valence-corrected chi connectivity index (χ1v) is 7.09. The number of benzene rings is 1. The van der Waals surface area contributed by atoms with Crippen molar-refractivity contribution in [3.63, 3.8) is 0 Å². The van der Waals surface area contributed by atoms with E-state index in [1.807, 2.05) is 0 Å². The van der Waals surface area contributed by atoms with Crippen molar-refractivity contribution in [3.8, 4) is 0 Å². The largest absolute Gasteiger partial charge is 0.382 e. The van der Waals surface area contributed by atoms with E-state index in [4.69, 9.17) is 9.47 Å². The molecule has 0 fully saturated rings. The van der Waals surface area contributed by atoms with Crippen molar-refractivity contribution < 1.29 is 9.47 Å². The number of hydrogen-bond donors (Lipinski definition) is 1. The molecule has 0 saturated heterocycles. The molecule has 0 aliphatic heterocycles. The van der Waals surface area contributed by atoms with Crippen molar-refractivity contribution in [2.45, 2.75) is 39.4 Å². The Morgan fingerprint density at radius 1 is 1.26 bits per heavy atom. The molecule has 2 unspecified atom stereocenters. The van der Waals surface area contributed by atoms with Crippen LogP contribution in [0, 0.1) is 6.92 Å². The van der Waals surface area contributed by atoms with E-state index in [9.17, 15) is 0 Å². The van der Waals surface area contributed by atoms with Crippen LogP contribution >= 0.6 is 0 Å². The maximum Gasteiger partial charge on any atom is 0.0956 e. The first-order chi connectivity index (χ1) is 9.19. The van der Waals surface area contributed by atoms with Gasteiger partial charge in [-0.3, -0.25) is 0 Å². The maximum absolute atomic E-state index is 6.12. The maximum atomic E-state index is 6.12. The number of methoxy groups -OCH3 is 1. The Morgan fingerprint density at radius 3 is 2.63 bits per heavy atom. The highest BCUT2D eigenvalue weighted by molar-refractivity contribution is 5.28. The van der Waals surface area contributed by atoms with Crippen molar-refractivity contribution in [1.29, 1.82) is 0 Å². The Balaban J connectivity index is 2.71. The molecule has 0 aliphatic rings. The summed E-state index contributed by atoms with van der Waals surface area (Å²) in [6.45, 7) is 8.83.